The van der Waals surface area contributed by atoms with Crippen LogP contribution in [0.5, 0.6) is 5.75 Å². The molecule has 1 aliphatic heterocycles. The number of hydrogen-bond donors (Lipinski definition) is 0. The van der Waals surface area contributed by atoms with Gasteiger partial charge in [0.25, 0.3) is 5.91 Å². The zero-order valence-electron chi connectivity index (χ0n) is 15.4. The molecule has 1 saturated heterocycles. The highest BCUT2D eigenvalue weighted by molar-refractivity contribution is 7.08. The first-order valence-electron chi connectivity index (χ1n) is 9.12. The highest BCUT2D eigenvalue weighted by Gasteiger charge is 2.28. The second-order valence-electron chi connectivity index (χ2n) is 6.83. The third kappa shape index (κ3) is 4.05. The quantitative estimate of drug-likeness (QED) is 0.608. The lowest BCUT2D eigenvalue weighted by atomic mass is 9.94. The van der Waals surface area contributed by atoms with Crippen molar-refractivity contribution in [1.29, 1.82) is 0 Å². The topological polar surface area (TPSA) is 68.5 Å². The Hall–Kier alpha value is -2.38. The highest BCUT2D eigenvalue weighted by atomic mass is 35.5. The Labute approximate surface area is 172 Å². The van der Waals surface area contributed by atoms with Crippen LogP contribution in [0.3, 0.4) is 0 Å². The zero-order chi connectivity index (χ0) is 19.5. The molecule has 2 aromatic heterocycles. The van der Waals surface area contributed by atoms with Crippen molar-refractivity contribution in [3.8, 4) is 17.1 Å². The smallest absolute Gasteiger partial charge is 0.257 e. The fraction of sp³-hybridized carbons (Fsp3) is 0.350. The summed E-state index contributed by atoms with van der Waals surface area (Å²) < 4.78 is 10.8. The molecule has 4 rings (SSSR count). The lowest BCUT2D eigenvalue weighted by molar-refractivity contribution is 0.0665. The van der Waals surface area contributed by atoms with Gasteiger partial charge in [-0.3, -0.25) is 4.79 Å². The number of halogens is 1. The van der Waals surface area contributed by atoms with Crippen molar-refractivity contribution in [3.05, 3.63) is 51.5 Å². The summed E-state index contributed by atoms with van der Waals surface area (Å²) in [7, 11) is 1.56. The number of nitrogens with zero attached hydrogens (tertiary/aromatic N) is 3. The maximum absolute atomic E-state index is 13.0. The van der Waals surface area contributed by atoms with Crippen LogP contribution < -0.4 is 4.74 Å². The number of methoxy groups -OCH3 is 1. The first kappa shape index (κ1) is 19.0. The van der Waals surface area contributed by atoms with E-state index in [1.807, 2.05) is 21.7 Å². The van der Waals surface area contributed by atoms with Crippen LogP contribution in [0.2, 0.25) is 5.02 Å². The molecule has 146 valence electrons. The molecule has 6 nitrogen and oxygen atoms in total. The third-order valence-corrected chi connectivity index (χ3v) is 5.83. The van der Waals surface area contributed by atoms with Gasteiger partial charge in [-0.15, -0.1) is 0 Å². The number of carbonyl (C=O) groups is 1. The largest absolute Gasteiger partial charge is 0.496 e. The molecule has 3 heterocycles. The molecule has 1 unspecified atom stereocenters. The van der Waals surface area contributed by atoms with Gasteiger partial charge in [0, 0.05) is 35.5 Å². The minimum absolute atomic E-state index is 0.0615. The van der Waals surface area contributed by atoms with Crippen LogP contribution in [0.15, 0.2) is 39.5 Å². The van der Waals surface area contributed by atoms with Crippen molar-refractivity contribution >= 4 is 28.8 Å². The summed E-state index contributed by atoms with van der Waals surface area (Å²) in [5.74, 6) is 1.98. The molecule has 28 heavy (non-hydrogen) atoms. The lowest BCUT2D eigenvalue weighted by Gasteiger charge is -2.32. The van der Waals surface area contributed by atoms with Gasteiger partial charge in [0.1, 0.15) is 5.75 Å². The molecule has 1 aliphatic rings. The van der Waals surface area contributed by atoms with Crippen LogP contribution >= 0.6 is 22.9 Å². The molecule has 1 aromatic carbocycles. The molecule has 1 fully saturated rings. The van der Waals surface area contributed by atoms with E-state index in [0.29, 0.717) is 41.0 Å². The summed E-state index contributed by atoms with van der Waals surface area (Å²) >= 11 is 7.68. The fourth-order valence-corrected chi connectivity index (χ4v) is 4.33. The van der Waals surface area contributed by atoms with E-state index >= 15 is 0 Å². The number of aromatic nitrogens is 2. The SMILES string of the molecule is COc1ccc(Cl)cc1C(=O)N1CCCC(Cc2nc(-c3ccsc3)no2)C1. The number of carbonyl (C=O) groups excluding carboxylic acids is 1. The molecule has 8 heteroatoms. The molecule has 3 aromatic rings. The standard InChI is InChI=1S/C20H20ClN3O3S/c1-26-17-5-4-15(21)10-16(17)20(25)24-7-2-3-13(11-24)9-18-22-19(23-27-18)14-6-8-28-12-14/h4-6,8,10,12-13H,2-3,7,9,11H2,1H3. The monoisotopic (exact) mass is 417 g/mol. The molecule has 1 atom stereocenters. The van der Waals surface area contributed by atoms with Crippen LogP contribution in [0.1, 0.15) is 29.1 Å². The Morgan fingerprint density at radius 3 is 3.11 bits per heavy atom. The van der Waals surface area contributed by atoms with Crippen LogP contribution in [0, 0.1) is 5.92 Å². The number of piperidine rings is 1. The fourth-order valence-electron chi connectivity index (χ4n) is 3.53. The van der Waals surface area contributed by atoms with Crippen LogP contribution in [0.25, 0.3) is 11.4 Å². The van der Waals surface area contributed by atoms with Gasteiger partial charge in [-0.25, -0.2) is 0 Å². The molecule has 0 spiro atoms. The molecule has 1 amide bonds. The summed E-state index contributed by atoms with van der Waals surface area (Å²) in [5, 5.41) is 8.57. The van der Waals surface area contributed by atoms with Crippen LogP contribution in [0.4, 0.5) is 0 Å². The second kappa shape index (κ2) is 8.32. The molecule has 0 N–H and O–H groups in total. The van der Waals surface area contributed by atoms with Gasteiger partial charge in [-0.2, -0.15) is 16.3 Å². The van der Waals surface area contributed by atoms with Gasteiger partial charge in [-0.05, 0) is 48.4 Å². The minimum atomic E-state index is -0.0615. The Morgan fingerprint density at radius 2 is 2.32 bits per heavy atom. The summed E-state index contributed by atoms with van der Waals surface area (Å²) in [6.07, 6.45) is 2.62. The number of benzene rings is 1. The minimum Gasteiger partial charge on any atom is -0.496 e. The maximum Gasteiger partial charge on any atom is 0.257 e. The summed E-state index contributed by atoms with van der Waals surface area (Å²) in [6.45, 7) is 1.36. The van der Waals surface area contributed by atoms with Gasteiger partial charge in [0.2, 0.25) is 11.7 Å². The molecule has 0 aliphatic carbocycles. The van der Waals surface area contributed by atoms with E-state index in [1.54, 1.807) is 36.6 Å². The van der Waals surface area contributed by atoms with E-state index in [0.717, 1.165) is 24.9 Å². The molecular weight excluding hydrogens is 398 g/mol. The van der Waals surface area contributed by atoms with Gasteiger partial charge in [0.05, 0.1) is 12.7 Å². The van der Waals surface area contributed by atoms with Gasteiger partial charge in [-0.1, -0.05) is 16.8 Å². The van der Waals surface area contributed by atoms with Crippen LogP contribution in [-0.4, -0.2) is 41.1 Å². The van der Waals surface area contributed by atoms with E-state index in [9.17, 15) is 4.79 Å². The van der Waals surface area contributed by atoms with E-state index in [4.69, 9.17) is 20.9 Å². The Kier molecular flexibility index (Phi) is 5.64. The van der Waals surface area contributed by atoms with E-state index in [1.165, 1.54) is 0 Å². The van der Waals surface area contributed by atoms with E-state index < -0.39 is 0 Å². The lowest BCUT2D eigenvalue weighted by Crippen LogP contribution is -2.40. The number of thiophene rings is 1. The van der Waals surface area contributed by atoms with Crippen molar-refractivity contribution in [2.45, 2.75) is 19.3 Å². The third-order valence-electron chi connectivity index (χ3n) is 4.91. The summed E-state index contributed by atoms with van der Waals surface area (Å²) in [5.41, 5.74) is 1.46. The zero-order valence-corrected chi connectivity index (χ0v) is 17.0. The average molecular weight is 418 g/mol. The Balaban J connectivity index is 1.45. The van der Waals surface area contributed by atoms with Gasteiger partial charge in [0.15, 0.2) is 0 Å². The van der Waals surface area contributed by atoms with E-state index in [2.05, 4.69) is 10.1 Å². The predicted octanol–water partition coefficient (Wildman–Crippen LogP) is 4.56. The van der Waals surface area contributed by atoms with Crippen molar-refractivity contribution in [2.75, 3.05) is 20.2 Å². The Morgan fingerprint density at radius 1 is 1.43 bits per heavy atom. The number of amides is 1. The number of hydrogen-bond acceptors (Lipinski definition) is 6. The maximum atomic E-state index is 13.0. The van der Waals surface area contributed by atoms with E-state index in [-0.39, 0.29) is 11.8 Å². The highest BCUT2D eigenvalue weighted by Crippen LogP contribution is 2.28. The number of rotatable bonds is 5. The summed E-state index contributed by atoms with van der Waals surface area (Å²) in [4.78, 5) is 19.4. The van der Waals surface area contributed by atoms with Crippen molar-refractivity contribution in [3.63, 3.8) is 0 Å². The van der Waals surface area contributed by atoms with Crippen LogP contribution in [-0.2, 0) is 6.42 Å². The molecule has 0 radical (unpaired) electrons. The van der Waals surface area contributed by atoms with Gasteiger partial charge < -0.3 is 14.2 Å². The number of ether oxygens (including phenoxy) is 1. The van der Waals surface area contributed by atoms with Crippen molar-refractivity contribution < 1.29 is 14.1 Å². The molecule has 0 saturated carbocycles. The summed E-state index contributed by atoms with van der Waals surface area (Å²) in [6, 6.07) is 7.08. The molecule has 0 bridgehead atoms. The first-order chi connectivity index (χ1) is 13.6. The van der Waals surface area contributed by atoms with Crippen molar-refractivity contribution in [1.82, 2.24) is 15.0 Å². The second-order valence-corrected chi connectivity index (χ2v) is 8.05. The number of likely N-dealkylation sites (tertiary alicyclic amines) is 1. The molecular formula is C20H20ClN3O3S. The Bertz CT molecular complexity index is 958. The van der Waals surface area contributed by atoms with Crippen molar-refractivity contribution in [2.24, 2.45) is 5.92 Å². The predicted molar refractivity (Wildman–Crippen MR) is 108 cm³/mol. The first-order valence-corrected chi connectivity index (χ1v) is 10.4. The van der Waals surface area contributed by atoms with Gasteiger partial charge >= 0.3 is 0 Å². The normalized spacial score (nSPS) is 16.9. The average Bonchev–Trinajstić information content (AvgIpc) is 3.39.